The molecule has 0 saturated heterocycles. The van der Waals surface area contributed by atoms with Gasteiger partial charge in [0.1, 0.15) is 0 Å². The van der Waals surface area contributed by atoms with E-state index in [1.807, 2.05) is 0 Å². The minimum atomic E-state index is -0.981. The Hall–Kier alpha value is -2.22. The van der Waals surface area contributed by atoms with Gasteiger partial charge in [-0.3, -0.25) is 6.08 Å². The van der Waals surface area contributed by atoms with Crippen LogP contribution in [0.4, 0.5) is 0 Å². The molecule has 0 bridgehead atoms. The molecule has 0 heterocycles. The molecule has 0 saturated carbocycles. The number of benzene rings is 4. The molecule has 1 aliphatic carbocycles. The van der Waals surface area contributed by atoms with Crippen molar-refractivity contribution in [3.63, 3.8) is 0 Å². The molecule has 0 N–H and O–H groups in total. The maximum atomic E-state index is 3.20. The molecule has 0 fully saturated rings. The fourth-order valence-electron chi connectivity index (χ4n) is 4.86. The van der Waals surface area contributed by atoms with Gasteiger partial charge in [0.05, 0.1) is 0 Å². The van der Waals surface area contributed by atoms with E-state index in [0.717, 1.165) is 19.3 Å². The van der Waals surface area contributed by atoms with Crippen LogP contribution in [-0.4, -0.2) is 11.3 Å². The molecule has 0 spiro atoms. The van der Waals surface area contributed by atoms with E-state index >= 15 is 0 Å². The van der Waals surface area contributed by atoms with E-state index in [2.05, 4.69) is 155 Å². The Morgan fingerprint density at radius 2 is 1.17 bits per heavy atom. The van der Waals surface area contributed by atoms with Crippen molar-refractivity contribution in [2.24, 2.45) is 0 Å². The topological polar surface area (TPSA) is 0 Å². The summed E-state index contributed by atoms with van der Waals surface area (Å²) in [6.45, 7) is 11.5. The summed E-state index contributed by atoms with van der Waals surface area (Å²) in [6, 6.07) is 37.1. The summed E-state index contributed by atoms with van der Waals surface area (Å²) in [5, 5.41) is 7.10. The Morgan fingerprint density at radius 3 is 1.50 bits per heavy atom. The number of hydrogen-bond acceptors (Lipinski definition) is 0. The van der Waals surface area contributed by atoms with Gasteiger partial charge in [0, 0.05) is 0 Å². The summed E-state index contributed by atoms with van der Waals surface area (Å²) in [5.74, 6) is 0. The van der Waals surface area contributed by atoms with Crippen LogP contribution in [-0.2, 0) is 37.1 Å². The zero-order valence-corrected chi connectivity index (χ0v) is 30.3. The summed E-state index contributed by atoms with van der Waals surface area (Å²) in [7, 11) is -0.981. The first-order valence-corrected chi connectivity index (χ1v) is 19.1. The molecule has 5 aromatic carbocycles. The van der Waals surface area contributed by atoms with E-state index in [-0.39, 0.29) is 24.8 Å². The first-order valence-electron chi connectivity index (χ1n) is 14.4. The molecule has 0 unspecified atom stereocenters. The van der Waals surface area contributed by atoms with Gasteiger partial charge in [-0.2, -0.15) is 6.08 Å². The third kappa shape index (κ3) is 9.65. The number of fused-ring (bicyclic) bond motifs is 3. The van der Waals surface area contributed by atoms with Crippen LogP contribution in [0.2, 0.25) is 19.6 Å². The SMILES string of the molecule is CCc1ccc2c(c1)[cH-]c1cc(CC)ccc12.C[Si](C)(C)C1=CC[C-]=C1.[Cl-].[Cl-].[Zr+2]=[C](c1ccccc1)c1ccccc1. The van der Waals surface area contributed by atoms with Gasteiger partial charge in [-0.25, -0.2) is 11.3 Å². The van der Waals surface area contributed by atoms with E-state index in [9.17, 15) is 0 Å². The van der Waals surface area contributed by atoms with Crippen molar-refractivity contribution in [1.29, 1.82) is 0 Å². The number of halogens is 2. The van der Waals surface area contributed by atoms with Gasteiger partial charge in [-0.1, -0.05) is 68.9 Å². The number of aryl methyl sites for hydroxylation is 2. The molecule has 1 aliphatic rings. The molecular formula is C38H40Cl2SiZr-2. The summed E-state index contributed by atoms with van der Waals surface area (Å²) >= 11 is 1.46. The van der Waals surface area contributed by atoms with Gasteiger partial charge in [0.25, 0.3) is 0 Å². The molecule has 4 heteroatoms. The monoisotopic (exact) mass is 684 g/mol. The predicted molar refractivity (Wildman–Crippen MR) is 176 cm³/mol. The average molecular weight is 687 g/mol. The number of allylic oxidation sites excluding steroid dienone is 4. The zero-order valence-electron chi connectivity index (χ0n) is 25.3. The van der Waals surface area contributed by atoms with Crippen LogP contribution in [0.5, 0.6) is 0 Å². The molecule has 0 nitrogen and oxygen atoms in total. The third-order valence-electron chi connectivity index (χ3n) is 7.34. The van der Waals surface area contributed by atoms with Crippen LogP contribution in [0.15, 0.2) is 120 Å². The van der Waals surface area contributed by atoms with Gasteiger partial charge >= 0.3 is 99.2 Å². The Kier molecular flexibility index (Phi) is 14.7. The number of hydrogen-bond donors (Lipinski definition) is 0. The van der Waals surface area contributed by atoms with Crippen molar-refractivity contribution in [1.82, 2.24) is 0 Å². The van der Waals surface area contributed by atoms with Crippen LogP contribution < -0.4 is 24.8 Å². The zero-order chi connectivity index (χ0) is 28.5. The fourth-order valence-corrected chi connectivity index (χ4v) is 6.93. The average Bonchev–Trinajstić information content (AvgIpc) is 3.66. The molecule has 216 valence electrons. The first-order chi connectivity index (χ1) is 19.3. The van der Waals surface area contributed by atoms with Crippen LogP contribution >= 0.6 is 0 Å². The Morgan fingerprint density at radius 1 is 0.714 bits per heavy atom. The van der Waals surface area contributed by atoms with Crippen molar-refractivity contribution < 1.29 is 49.0 Å². The van der Waals surface area contributed by atoms with Crippen LogP contribution in [0, 0.1) is 6.08 Å². The van der Waals surface area contributed by atoms with Crippen molar-refractivity contribution in [2.45, 2.75) is 52.8 Å². The Bertz CT molecular complexity index is 1520. The summed E-state index contributed by atoms with van der Waals surface area (Å²) in [6.07, 6.45) is 10.9. The van der Waals surface area contributed by atoms with Gasteiger partial charge in [-0.15, -0.1) is 46.2 Å². The van der Waals surface area contributed by atoms with Crippen molar-refractivity contribution in [3.8, 4) is 0 Å². The maximum absolute atomic E-state index is 3.20. The van der Waals surface area contributed by atoms with E-state index in [1.165, 1.54) is 71.2 Å². The predicted octanol–water partition coefficient (Wildman–Crippen LogP) is 4.20. The molecule has 5 aromatic rings. The van der Waals surface area contributed by atoms with Crippen molar-refractivity contribution >= 4 is 32.8 Å². The van der Waals surface area contributed by atoms with E-state index in [0.29, 0.717) is 0 Å². The van der Waals surface area contributed by atoms with Gasteiger partial charge in [0.15, 0.2) is 0 Å². The van der Waals surface area contributed by atoms with Crippen molar-refractivity contribution in [3.05, 3.63) is 149 Å². The molecule has 0 atom stereocenters. The molecule has 6 rings (SSSR count). The molecule has 0 aromatic heterocycles. The Balaban J connectivity index is 0.000000225. The first kappa shape index (κ1) is 36.0. The Labute approximate surface area is 281 Å². The second-order valence-corrected chi connectivity index (χ2v) is 17.6. The summed E-state index contributed by atoms with van der Waals surface area (Å²) in [4.78, 5) is 0. The summed E-state index contributed by atoms with van der Waals surface area (Å²) < 4.78 is 1.42. The van der Waals surface area contributed by atoms with Gasteiger partial charge in [0.2, 0.25) is 0 Å². The quantitative estimate of drug-likeness (QED) is 0.192. The standard InChI is InChI=1S/C17H17.C13H10.C8H13Si.2ClH.Zr/c1-3-12-5-7-16-14(9-12)11-15-10-13(4-2)6-8-17(15)16;1-3-7-12(8-4-1)11-13-9-5-2-6-10-13;1-9(2,3)8-6-4-5-7-8;;;/h5-11H,3-4H2,1-2H3;1-10H;6-7H,4H2,1-3H3;2*1H;/q-1;;-1;;;+2/p-2. The fraction of sp³-hybridized carbons (Fsp3) is 0.211. The minimum absolute atomic E-state index is 0. The van der Waals surface area contributed by atoms with Crippen LogP contribution in [0.25, 0.3) is 21.5 Å². The number of rotatable bonds is 5. The van der Waals surface area contributed by atoms with Crippen molar-refractivity contribution in [2.75, 3.05) is 0 Å². The van der Waals surface area contributed by atoms with Gasteiger partial charge < -0.3 is 24.8 Å². The molecular weight excluding hydrogens is 647 g/mol. The third-order valence-corrected chi connectivity index (χ3v) is 10.8. The molecule has 0 amide bonds. The molecule has 0 radical (unpaired) electrons. The van der Waals surface area contributed by atoms with Gasteiger partial charge in [-0.05, 0) is 20.9 Å². The normalized spacial score (nSPS) is 11.8. The summed E-state index contributed by atoms with van der Waals surface area (Å²) in [5.41, 5.74) is 5.50. The van der Waals surface area contributed by atoms with E-state index < -0.39 is 8.07 Å². The van der Waals surface area contributed by atoms with Crippen LogP contribution in [0.1, 0.15) is 42.5 Å². The van der Waals surface area contributed by atoms with E-state index in [1.54, 1.807) is 5.20 Å². The van der Waals surface area contributed by atoms with E-state index in [4.69, 9.17) is 0 Å². The van der Waals surface area contributed by atoms with Crippen LogP contribution in [0.3, 0.4) is 0 Å². The molecule has 42 heavy (non-hydrogen) atoms. The second kappa shape index (κ2) is 17.2. The molecule has 0 aliphatic heterocycles. The second-order valence-electron chi connectivity index (χ2n) is 11.3.